The van der Waals surface area contributed by atoms with Gasteiger partial charge in [-0.15, -0.1) is 0 Å². The van der Waals surface area contributed by atoms with Crippen LogP contribution in [-0.2, 0) is 11.3 Å². The highest BCUT2D eigenvalue weighted by Crippen LogP contribution is 2.37. The SMILES string of the molecule is N#CC1(C(=O)NCc2ccc(OC3CCCCC3)cc2)CCCC1. The third kappa shape index (κ3) is 3.90. The second kappa shape index (κ2) is 7.70. The van der Waals surface area contributed by atoms with E-state index in [0.717, 1.165) is 37.0 Å². The molecule has 128 valence electrons. The van der Waals surface area contributed by atoms with Crippen molar-refractivity contribution in [2.24, 2.45) is 5.41 Å². The van der Waals surface area contributed by atoms with Gasteiger partial charge in [-0.3, -0.25) is 4.79 Å². The van der Waals surface area contributed by atoms with Gasteiger partial charge in [0, 0.05) is 6.54 Å². The van der Waals surface area contributed by atoms with E-state index in [0.29, 0.717) is 25.5 Å². The third-order valence-electron chi connectivity index (χ3n) is 5.34. The molecule has 0 atom stereocenters. The minimum absolute atomic E-state index is 0.120. The van der Waals surface area contributed by atoms with Gasteiger partial charge in [-0.2, -0.15) is 5.26 Å². The molecule has 0 unspecified atom stereocenters. The van der Waals surface area contributed by atoms with Crippen LogP contribution in [0.5, 0.6) is 5.75 Å². The van der Waals surface area contributed by atoms with E-state index < -0.39 is 5.41 Å². The molecule has 0 heterocycles. The van der Waals surface area contributed by atoms with Crippen LogP contribution in [0.15, 0.2) is 24.3 Å². The summed E-state index contributed by atoms with van der Waals surface area (Å²) in [6.07, 6.45) is 9.78. The summed E-state index contributed by atoms with van der Waals surface area (Å²) >= 11 is 0. The zero-order chi connectivity index (χ0) is 16.8. The van der Waals surface area contributed by atoms with E-state index in [9.17, 15) is 10.1 Å². The number of carbonyl (C=O) groups excluding carboxylic acids is 1. The van der Waals surface area contributed by atoms with Crippen molar-refractivity contribution in [1.29, 1.82) is 5.26 Å². The first kappa shape index (κ1) is 16.8. The van der Waals surface area contributed by atoms with Gasteiger partial charge in [0.1, 0.15) is 11.2 Å². The molecule has 0 saturated heterocycles. The fourth-order valence-electron chi connectivity index (χ4n) is 3.78. The summed E-state index contributed by atoms with van der Waals surface area (Å²) in [5.41, 5.74) is 0.231. The predicted molar refractivity (Wildman–Crippen MR) is 92.3 cm³/mol. The van der Waals surface area contributed by atoms with Crippen LogP contribution in [0.2, 0.25) is 0 Å². The lowest BCUT2D eigenvalue weighted by Gasteiger charge is -2.23. The second-order valence-corrected chi connectivity index (χ2v) is 7.11. The standard InChI is InChI=1S/C20H26N2O2/c21-15-20(12-4-5-13-20)19(23)22-14-16-8-10-18(11-9-16)24-17-6-2-1-3-7-17/h8-11,17H,1-7,12-14H2,(H,22,23). The number of carbonyl (C=O) groups is 1. The maximum absolute atomic E-state index is 12.3. The first-order valence-electron chi connectivity index (χ1n) is 9.17. The number of nitrogens with zero attached hydrogens (tertiary/aromatic N) is 1. The van der Waals surface area contributed by atoms with E-state index in [4.69, 9.17) is 4.74 Å². The smallest absolute Gasteiger partial charge is 0.240 e. The lowest BCUT2D eigenvalue weighted by molar-refractivity contribution is -0.128. The summed E-state index contributed by atoms with van der Waals surface area (Å²) < 4.78 is 6.02. The highest BCUT2D eigenvalue weighted by atomic mass is 16.5. The number of ether oxygens (including phenoxy) is 1. The van der Waals surface area contributed by atoms with E-state index in [1.165, 1.54) is 19.3 Å². The molecule has 4 nitrogen and oxygen atoms in total. The molecule has 2 saturated carbocycles. The van der Waals surface area contributed by atoms with Gasteiger partial charge in [0.2, 0.25) is 5.91 Å². The average molecular weight is 326 g/mol. The zero-order valence-corrected chi connectivity index (χ0v) is 14.2. The monoisotopic (exact) mass is 326 g/mol. The zero-order valence-electron chi connectivity index (χ0n) is 14.2. The van der Waals surface area contributed by atoms with Crippen LogP contribution in [0.3, 0.4) is 0 Å². The van der Waals surface area contributed by atoms with Gasteiger partial charge in [-0.05, 0) is 56.2 Å². The number of amides is 1. The lowest BCUT2D eigenvalue weighted by atomic mass is 9.87. The Labute approximate surface area is 144 Å². The van der Waals surface area contributed by atoms with Gasteiger partial charge in [-0.25, -0.2) is 0 Å². The van der Waals surface area contributed by atoms with Crippen molar-refractivity contribution in [1.82, 2.24) is 5.32 Å². The largest absolute Gasteiger partial charge is 0.490 e. The number of hydrogen-bond donors (Lipinski definition) is 1. The van der Waals surface area contributed by atoms with E-state index in [2.05, 4.69) is 11.4 Å². The number of nitrogens with one attached hydrogen (secondary N) is 1. The quantitative estimate of drug-likeness (QED) is 0.886. The normalized spacial score (nSPS) is 20.3. The number of nitriles is 1. The molecular formula is C20H26N2O2. The molecule has 3 rings (SSSR count). The second-order valence-electron chi connectivity index (χ2n) is 7.11. The summed E-state index contributed by atoms with van der Waals surface area (Å²) in [4.78, 5) is 12.3. The molecule has 1 aromatic rings. The summed E-state index contributed by atoms with van der Waals surface area (Å²) in [7, 11) is 0. The van der Waals surface area contributed by atoms with Crippen LogP contribution < -0.4 is 10.1 Å². The molecule has 2 fully saturated rings. The maximum atomic E-state index is 12.3. The molecule has 2 aliphatic carbocycles. The Kier molecular flexibility index (Phi) is 5.40. The average Bonchev–Trinajstić information content (AvgIpc) is 3.12. The molecule has 24 heavy (non-hydrogen) atoms. The van der Waals surface area contributed by atoms with Crippen LogP contribution in [0.25, 0.3) is 0 Å². The molecule has 0 aliphatic heterocycles. The summed E-state index contributed by atoms with van der Waals surface area (Å²) in [6, 6.07) is 10.2. The summed E-state index contributed by atoms with van der Waals surface area (Å²) in [5, 5.41) is 12.3. The lowest BCUT2D eigenvalue weighted by Crippen LogP contribution is -2.37. The van der Waals surface area contributed by atoms with Crippen molar-refractivity contribution < 1.29 is 9.53 Å². The van der Waals surface area contributed by atoms with Gasteiger partial charge in [0.25, 0.3) is 0 Å². The van der Waals surface area contributed by atoms with Gasteiger partial charge in [0.05, 0.1) is 12.2 Å². The Balaban J connectivity index is 1.51. The predicted octanol–water partition coefficient (Wildman–Crippen LogP) is 4.10. The molecule has 1 N–H and O–H groups in total. The third-order valence-corrected chi connectivity index (χ3v) is 5.34. The Morgan fingerprint density at radius 1 is 1.12 bits per heavy atom. The number of hydrogen-bond acceptors (Lipinski definition) is 3. The Hall–Kier alpha value is -2.02. The maximum Gasteiger partial charge on any atom is 0.240 e. The first-order valence-corrected chi connectivity index (χ1v) is 9.17. The van der Waals surface area contributed by atoms with Crippen LogP contribution >= 0.6 is 0 Å². The molecule has 0 aromatic heterocycles. The van der Waals surface area contributed by atoms with Crippen molar-refractivity contribution >= 4 is 5.91 Å². The van der Waals surface area contributed by atoms with Gasteiger partial charge < -0.3 is 10.1 Å². The van der Waals surface area contributed by atoms with Crippen molar-refractivity contribution in [2.45, 2.75) is 70.4 Å². The van der Waals surface area contributed by atoms with Gasteiger partial charge in [0.15, 0.2) is 0 Å². The van der Waals surface area contributed by atoms with Crippen LogP contribution in [0.4, 0.5) is 0 Å². The highest BCUT2D eigenvalue weighted by molar-refractivity contribution is 5.85. The highest BCUT2D eigenvalue weighted by Gasteiger charge is 2.41. The van der Waals surface area contributed by atoms with E-state index in [1.807, 2.05) is 24.3 Å². The van der Waals surface area contributed by atoms with E-state index >= 15 is 0 Å². The minimum Gasteiger partial charge on any atom is -0.490 e. The van der Waals surface area contributed by atoms with Crippen LogP contribution in [0.1, 0.15) is 63.4 Å². The fraction of sp³-hybridized carbons (Fsp3) is 0.600. The van der Waals surface area contributed by atoms with Crippen molar-refractivity contribution in [3.8, 4) is 11.8 Å². The molecule has 4 heteroatoms. The van der Waals surface area contributed by atoms with Crippen molar-refractivity contribution in [3.63, 3.8) is 0 Å². The van der Waals surface area contributed by atoms with Gasteiger partial charge in [-0.1, -0.05) is 31.4 Å². The fourth-order valence-corrected chi connectivity index (χ4v) is 3.78. The number of rotatable bonds is 5. The molecule has 2 aliphatic rings. The number of benzene rings is 1. The molecule has 0 spiro atoms. The Morgan fingerprint density at radius 3 is 2.42 bits per heavy atom. The van der Waals surface area contributed by atoms with Crippen molar-refractivity contribution in [2.75, 3.05) is 0 Å². The van der Waals surface area contributed by atoms with Crippen molar-refractivity contribution in [3.05, 3.63) is 29.8 Å². The minimum atomic E-state index is -0.802. The molecule has 1 amide bonds. The molecule has 0 radical (unpaired) electrons. The topological polar surface area (TPSA) is 62.1 Å². The Morgan fingerprint density at radius 2 is 1.79 bits per heavy atom. The van der Waals surface area contributed by atoms with Crippen LogP contribution in [-0.4, -0.2) is 12.0 Å². The Bertz CT molecular complexity index is 591. The van der Waals surface area contributed by atoms with E-state index in [1.54, 1.807) is 0 Å². The van der Waals surface area contributed by atoms with Gasteiger partial charge >= 0.3 is 0 Å². The first-order chi connectivity index (χ1) is 11.7. The van der Waals surface area contributed by atoms with Crippen LogP contribution in [0, 0.1) is 16.7 Å². The summed E-state index contributed by atoms with van der Waals surface area (Å²) in [5.74, 6) is 0.784. The van der Waals surface area contributed by atoms with E-state index in [-0.39, 0.29) is 5.91 Å². The molecular weight excluding hydrogens is 300 g/mol. The molecule has 0 bridgehead atoms. The summed E-state index contributed by atoms with van der Waals surface area (Å²) in [6.45, 7) is 0.464. The molecule has 1 aromatic carbocycles.